The summed E-state index contributed by atoms with van der Waals surface area (Å²) < 4.78 is 13.6. The molecular weight excluding hydrogens is 303 g/mol. The van der Waals surface area contributed by atoms with E-state index in [2.05, 4.69) is 36.8 Å². The van der Waals surface area contributed by atoms with Gasteiger partial charge in [-0.3, -0.25) is 11.3 Å². The first-order chi connectivity index (χ1) is 8.60. The Kier molecular flexibility index (Phi) is 4.00. The molecule has 2 rings (SSSR count). The van der Waals surface area contributed by atoms with E-state index in [9.17, 15) is 4.39 Å². The van der Waals surface area contributed by atoms with Crippen molar-refractivity contribution in [2.75, 3.05) is 0 Å². The second-order valence-electron chi connectivity index (χ2n) is 3.79. The molecule has 0 spiro atoms. The number of tetrazole rings is 1. The molecule has 1 unspecified atom stereocenters. The van der Waals surface area contributed by atoms with E-state index in [1.807, 2.05) is 0 Å². The van der Waals surface area contributed by atoms with Crippen LogP contribution in [0.25, 0.3) is 0 Å². The average molecular weight is 315 g/mol. The van der Waals surface area contributed by atoms with Crippen molar-refractivity contribution in [3.63, 3.8) is 0 Å². The van der Waals surface area contributed by atoms with Gasteiger partial charge in [-0.15, -0.1) is 10.2 Å². The van der Waals surface area contributed by atoms with E-state index in [1.54, 1.807) is 19.2 Å². The molecule has 1 aromatic heterocycles. The minimum absolute atomic E-state index is 0.203. The van der Waals surface area contributed by atoms with Gasteiger partial charge in [-0.25, -0.2) is 4.39 Å². The topological polar surface area (TPSA) is 81.7 Å². The number of nitrogens with zero attached hydrogens (tertiary/aromatic N) is 4. The standard InChI is InChI=1S/C10H12BrFN6/c1-18-16-10(15-17-18)5-9(14-13)6-2-3-8(12)7(11)4-6/h2-4,9,14H,5,13H2,1H3. The molecule has 0 saturated heterocycles. The molecular formula is C10H12BrFN6. The fraction of sp³-hybridized carbons (Fsp3) is 0.300. The van der Waals surface area contributed by atoms with Crippen molar-refractivity contribution in [2.45, 2.75) is 12.5 Å². The van der Waals surface area contributed by atoms with Gasteiger partial charge >= 0.3 is 0 Å². The molecule has 0 aliphatic rings. The van der Waals surface area contributed by atoms with Crippen molar-refractivity contribution < 1.29 is 4.39 Å². The molecule has 1 heterocycles. The van der Waals surface area contributed by atoms with E-state index >= 15 is 0 Å². The van der Waals surface area contributed by atoms with Crippen LogP contribution in [0.3, 0.4) is 0 Å². The largest absolute Gasteiger partial charge is 0.271 e. The number of hydrogen-bond donors (Lipinski definition) is 2. The summed E-state index contributed by atoms with van der Waals surface area (Å²) in [6.45, 7) is 0. The summed E-state index contributed by atoms with van der Waals surface area (Å²) in [5.41, 5.74) is 3.51. The van der Waals surface area contributed by atoms with Crippen LogP contribution >= 0.6 is 15.9 Å². The molecule has 0 aliphatic heterocycles. The SMILES string of the molecule is Cn1nnc(CC(NN)c2ccc(F)c(Br)c2)n1. The lowest BCUT2D eigenvalue weighted by atomic mass is 10.0. The van der Waals surface area contributed by atoms with Crippen LogP contribution in [0.4, 0.5) is 4.39 Å². The normalized spacial score (nSPS) is 12.7. The Morgan fingerprint density at radius 3 is 2.89 bits per heavy atom. The maximum atomic E-state index is 13.2. The van der Waals surface area contributed by atoms with Gasteiger partial charge in [0, 0.05) is 6.42 Å². The first kappa shape index (κ1) is 13.1. The lowest BCUT2D eigenvalue weighted by molar-refractivity contribution is 0.533. The fourth-order valence-corrected chi connectivity index (χ4v) is 1.99. The third-order valence-corrected chi connectivity index (χ3v) is 3.09. The molecule has 0 aliphatic carbocycles. The highest BCUT2D eigenvalue weighted by Gasteiger charge is 2.15. The second-order valence-corrected chi connectivity index (χ2v) is 4.65. The van der Waals surface area contributed by atoms with Crippen LogP contribution in [0, 0.1) is 5.82 Å². The fourth-order valence-electron chi connectivity index (χ4n) is 1.59. The minimum atomic E-state index is -0.313. The van der Waals surface area contributed by atoms with Gasteiger partial charge in [-0.2, -0.15) is 4.80 Å². The van der Waals surface area contributed by atoms with Crippen LogP contribution in [0.2, 0.25) is 0 Å². The second kappa shape index (κ2) is 5.51. The Balaban J connectivity index is 2.19. The van der Waals surface area contributed by atoms with Crippen LogP contribution in [0.15, 0.2) is 22.7 Å². The number of hydrazine groups is 1. The van der Waals surface area contributed by atoms with E-state index in [1.165, 1.54) is 10.9 Å². The molecule has 8 heteroatoms. The number of rotatable bonds is 4. The van der Waals surface area contributed by atoms with Gasteiger partial charge in [0.1, 0.15) is 5.82 Å². The zero-order chi connectivity index (χ0) is 13.1. The van der Waals surface area contributed by atoms with E-state index in [-0.39, 0.29) is 11.9 Å². The molecule has 96 valence electrons. The van der Waals surface area contributed by atoms with Gasteiger partial charge in [0.05, 0.1) is 17.6 Å². The first-order valence-electron chi connectivity index (χ1n) is 5.24. The summed E-state index contributed by atoms with van der Waals surface area (Å²) in [5.74, 6) is 5.76. The van der Waals surface area contributed by atoms with Crippen molar-refractivity contribution in [1.82, 2.24) is 25.6 Å². The molecule has 3 N–H and O–H groups in total. The quantitative estimate of drug-likeness (QED) is 0.646. The molecule has 0 fully saturated rings. The van der Waals surface area contributed by atoms with Crippen molar-refractivity contribution in [1.29, 1.82) is 0 Å². The molecule has 2 aromatic rings. The number of hydrogen-bond acceptors (Lipinski definition) is 5. The predicted molar refractivity (Wildman–Crippen MR) is 66.7 cm³/mol. The van der Waals surface area contributed by atoms with Gasteiger partial charge in [-0.1, -0.05) is 6.07 Å². The zero-order valence-electron chi connectivity index (χ0n) is 9.64. The highest BCUT2D eigenvalue weighted by molar-refractivity contribution is 9.10. The third kappa shape index (κ3) is 2.89. The Morgan fingerprint density at radius 1 is 1.56 bits per heavy atom. The molecule has 1 atom stereocenters. The predicted octanol–water partition coefficient (Wildman–Crippen LogP) is 0.859. The molecule has 0 saturated carbocycles. The van der Waals surface area contributed by atoms with Crippen molar-refractivity contribution >= 4 is 15.9 Å². The Bertz CT molecular complexity index is 543. The number of nitrogens with two attached hydrogens (primary N) is 1. The lowest BCUT2D eigenvalue weighted by Crippen LogP contribution is -2.30. The number of benzene rings is 1. The monoisotopic (exact) mass is 314 g/mol. The Morgan fingerprint density at radius 2 is 2.33 bits per heavy atom. The van der Waals surface area contributed by atoms with Gasteiger partial charge in [0.2, 0.25) is 0 Å². The number of aryl methyl sites for hydroxylation is 1. The van der Waals surface area contributed by atoms with Crippen LogP contribution < -0.4 is 11.3 Å². The Hall–Kier alpha value is -1.38. The highest BCUT2D eigenvalue weighted by atomic mass is 79.9. The molecule has 6 nitrogen and oxygen atoms in total. The first-order valence-corrected chi connectivity index (χ1v) is 6.03. The summed E-state index contributed by atoms with van der Waals surface area (Å²) >= 11 is 3.14. The van der Waals surface area contributed by atoms with E-state index in [4.69, 9.17) is 5.84 Å². The molecule has 18 heavy (non-hydrogen) atoms. The van der Waals surface area contributed by atoms with Crippen LogP contribution in [0.1, 0.15) is 17.4 Å². The number of aromatic nitrogens is 4. The van der Waals surface area contributed by atoms with E-state index in [0.717, 1.165) is 5.56 Å². The van der Waals surface area contributed by atoms with E-state index in [0.29, 0.717) is 16.7 Å². The highest BCUT2D eigenvalue weighted by Crippen LogP contribution is 2.22. The molecule has 1 aromatic carbocycles. The summed E-state index contributed by atoms with van der Waals surface area (Å²) in [5, 5.41) is 11.7. The van der Waals surface area contributed by atoms with Crippen LogP contribution in [-0.4, -0.2) is 20.2 Å². The van der Waals surface area contributed by atoms with Gasteiger partial charge < -0.3 is 0 Å². The third-order valence-electron chi connectivity index (χ3n) is 2.48. The van der Waals surface area contributed by atoms with Gasteiger partial charge in [0.25, 0.3) is 0 Å². The summed E-state index contributed by atoms with van der Waals surface area (Å²) in [7, 11) is 1.69. The van der Waals surface area contributed by atoms with Crippen molar-refractivity contribution in [3.05, 3.63) is 39.9 Å². The Labute approximate surface area is 111 Å². The van der Waals surface area contributed by atoms with Crippen molar-refractivity contribution in [2.24, 2.45) is 12.9 Å². The van der Waals surface area contributed by atoms with Crippen molar-refractivity contribution in [3.8, 4) is 0 Å². The van der Waals surface area contributed by atoms with Crippen LogP contribution in [0.5, 0.6) is 0 Å². The van der Waals surface area contributed by atoms with Gasteiger partial charge in [0.15, 0.2) is 5.82 Å². The maximum absolute atomic E-state index is 13.2. The van der Waals surface area contributed by atoms with Gasteiger partial charge in [-0.05, 0) is 38.8 Å². The smallest absolute Gasteiger partial charge is 0.176 e. The summed E-state index contributed by atoms with van der Waals surface area (Å²) in [6.07, 6.45) is 0.475. The molecule has 0 bridgehead atoms. The minimum Gasteiger partial charge on any atom is -0.271 e. The lowest BCUT2D eigenvalue weighted by Gasteiger charge is -2.14. The number of halogens is 2. The molecule has 0 amide bonds. The zero-order valence-corrected chi connectivity index (χ0v) is 11.2. The summed E-state index contributed by atoms with van der Waals surface area (Å²) in [4.78, 5) is 1.38. The summed E-state index contributed by atoms with van der Waals surface area (Å²) in [6, 6.07) is 4.52. The number of nitrogens with one attached hydrogen (secondary N) is 1. The van der Waals surface area contributed by atoms with E-state index < -0.39 is 0 Å². The average Bonchev–Trinajstić information content (AvgIpc) is 2.75. The van der Waals surface area contributed by atoms with Crippen LogP contribution in [-0.2, 0) is 13.5 Å². The molecule has 0 radical (unpaired) electrons. The maximum Gasteiger partial charge on any atom is 0.176 e.